The first kappa shape index (κ1) is 14.3. The van der Waals surface area contributed by atoms with E-state index in [0.717, 1.165) is 0 Å². The summed E-state index contributed by atoms with van der Waals surface area (Å²) in [5.41, 5.74) is 0.0713. The van der Waals surface area contributed by atoms with Crippen LogP contribution in [0.5, 0.6) is 0 Å². The van der Waals surface area contributed by atoms with Gasteiger partial charge in [-0.2, -0.15) is 8.42 Å². The van der Waals surface area contributed by atoms with Gasteiger partial charge in [0.05, 0.1) is 5.75 Å². The monoisotopic (exact) mass is 186 g/mol. The van der Waals surface area contributed by atoms with E-state index in [1.54, 1.807) is 0 Å². The topological polar surface area (TPSA) is 60.4 Å². The predicted octanol–water partition coefficient (Wildman–Crippen LogP) is -0.193. The van der Waals surface area contributed by atoms with Crippen LogP contribution in [-0.4, -0.2) is 39.0 Å². The molecule has 0 rings (SSSR count). The summed E-state index contributed by atoms with van der Waals surface area (Å²) < 4.78 is 25.3. The van der Waals surface area contributed by atoms with Crippen molar-refractivity contribution in [1.29, 1.82) is 0 Å². The summed E-state index contributed by atoms with van der Waals surface area (Å²) in [7, 11) is -3.67. The molecule has 0 aromatic carbocycles. The van der Waals surface area contributed by atoms with Crippen molar-refractivity contribution in [3.63, 3.8) is 0 Å². The van der Waals surface area contributed by atoms with E-state index in [0.29, 0.717) is 0 Å². The Hall–Kier alpha value is -0.243. The van der Waals surface area contributed by atoms with E-state index in [1.165, 1.54) is 13.8 Å². The van der Waals surface area contributed by atoms with E-state index in [9.17, 15) is 13.2 Å². The molecule has 0 heterocycles. The second-order valence-electron chi connectivity index (χ2n) is 2.00. The van der Waals surface area contributed by atoms with Gasteiger partial charge in [-0.1, -0.05) is 6.58 Å². The Morgan fingerprint density at radius 1 is 1.50 bits per heavy atom. The van der Waals surface area contributed by atoms with E-state index < -0.39 is 16.1 Å². The molecule has 0 atom stereocenters. The van der Waals surface area contributed by atoms with Crippen LogP contribution in [0.25, 0.3) is 0 Å². The van der Waals surface area contributed by atoms with Crippen LogP contribution in [0, 0.1) is 0 Å². The van der Waals surface area contributed by atoms with Gasteiger partial charge < -0.3 is 4.18 Å². The second kappa shape index (κ2) is 5.41. The van der Waals surface area contributed by atoms with Gasteiger partial charge >= 0.3 is 34.9 Å². The number of rotatable bonds is 3. The van der Waals surface area contributed by atoms with Crippen LogP contribution in [0.1, 0.15) is 13.8 Å². The Kier molecular flexibility index (Phi) is 6.44. The first-order chi connectivity index (χ1) is 4.89. The molecule has 0 aromatic heterocycles. The zero-order chi connectivity index (χ0) is 9.07. The summed E-state index contributed by atoms with van der Waals surface area (Å²) >= 11 is 0. The van der Waals surface area contributed by atoms with Gasteiger partial charge in [0.25, 0.3) is 0 Å². The predicted molar refractivity (Wildman–Crippen MR) is 47.5 cm³/mol. The molecule has 0 aliphatic rings. The maximum atomic E-state index is 10.6. The van der Waals surface area contributed by atoms with Crippen LogP contribution in [0.2, 0.25) is 0 Å². The standard InChI is InChI=1S/C6H10O4S.Li.H/c1-4-11(8,9)10-6(7)5(2)3;;/h2,4H2,1,3H3;;. The van der Waals surface area contributed by atoms with Gasteiger partial charge in [-0.3, -0.25) is 0 Å². The SMILES string of the molecule is C=C(C)C(=O)OS(=O)(=O)CC.[LiH]. The minimum atomic E-state index is -3.67. The van der Waals surface area contributed by atoms with Crippen molar-refractivity contribution in [3.05, 3.63) is 12.2 Å². The fourth-order valence-corrected chi connectivity index (χ4v) is 0.736. The molecule has 0 fully saturated rings. The van der Waals surface area contributed by atoms with Gasteiger partial charge in [-0.15, -0.1) is 0 Å². The fourth-order valence-electron chi connectivity index (χ4n) is 0.245. The second-order valence-corrected chi connectivity index (χ2v) is 3.86. The molecule has 0 N–H and O–H groups in total. The molecule has 0 spiro atoms. The van der Waals surface area contributed by atoms with E-state index >= 15 is 0 Å². The maximum absolute atomic E-state index is 10.6. The van der Waals surface area contributed by atoms with Gasteiger partial charge in [-0.05, 0) is 13.8 Å². The van der Waals surface area contributed by atoms with Gasteiger partial charge in [0.1, 0.15) is 0 Å². The van der Waals surface area contributed by atoms with Crippen molar-refractivity contribution in [1.82, 2.24) is 0 Å². The van der Waals surface area contributed by atoms with Crippen molar-refractivity contribution in [3.8, 4) is 0 Å². The molecule has 66 valence electrons. The van der Waals surface area contributed by atoms with Crippen LogP contribution >= 0.6 is 0 Å². The average molecular weight is 186 g/mol. The van der Waals surface area contributed by atoms with E-state index in [1.807, 2.05) is 0 Å². The van der Waals surface area contributed by atoms with Gasteiger partial charge in [0, 0.05) is 5.57 Å². The molecule has 0 aliphatic heterocycles. The average Bonchev–Trinajstić information content (AvgIpc) is 1.87. The quantitative estimate of drug-likeness (QED) is 0.348. The molecule has 12 heavy (non-hydrogen) atoms. The molecular formula is C6H11LiO4S. The molecule has 0 saturated carbocycles. The van der Waals surface area contributed by atoms with Crippen molar-refractivity contribution >= 4 is 34.9 Å². The van der Waals surface area contributed by atoms with Gasteiger partial charge in [0.2, 0.25) is 0 Å². The molecule has 0 aliphatic carbocycles. The summed E-state index contributed by atoms with van der Waals surface area (Å²) in [5.74, 6) is -1.11. The zero-order valence-corrected chi connectivity index (χ0v) is 7.27. The molecule has 0 bridgehead atoms. The summed E-state index contributed by atoms with van der Waals surface area (Å²) in [6.07, 6.45) is 0. The van der Waals surface area contributed by atoms with E-state index in [2.05, 4.69) is 10.8 Å². The minimum absolute atomic E-state index is 0. The Labute approximate surface area is 84.3 Å². The molecule has 6 heteroatoms. The van der Waals surface area contributed by atoms with Crippen LogP contribution in [0.3, 0.4) is 0 Å². The molecule has 0 unspecified atom stereocenters. The first-order valence-corrected chi connectivity index (χ1v) is 4.58. The molecule has 0 amide bonds. The molecular weight excluding hydrogens is 175 g/mol. The van der Waals surface area contributed by atoms with E-state index in [4.69, 9.17) is 0 Å². The van der Waals surface area contributed by atoms with Crippen molar-refractivity contribution < 1.29 is 17.4 Å². The number of hydrogen-bond acceptors (Lipinski definition) is 4. The summed E-state index contributed by atoms with van der Waals surface area (Å²) in [6.45, 7) is 6.01. The Morgan fingerprint density at radius 3 is 2.17 bits per heavy atom. The van der Waals surface area contributed by atoms with Crippen LogP contribution in [0.15, 0.2) is 12.2 Å². The molecule has 0 aromatic rings. The van der Waals surface area contributed by atoms with E-state index in [-0.39, 0.29) is 30.2 Å². The first-order valence-electron chi connectivity index (χ1n) is 3.01. The van der Waals surface area contributed by atoms with Gasteiger partial charge in [0.15, 0.2) is 0 Å². The Morgan fingerprint density at radius 2 is 1.92 bits per heavy atom. The van der Waals surface area contributed by atoms with Gasteiger partial charge in [-0.25, -0.2) is 4.79 Å². The summed E-state index contributed by atoms with van der Waals surface area (Å²) in [4.78, 5) is 10.6. The third-order valence-electron chi connectivity index (χ3n) is 0.905. The molecule has 0 radical (unpaired) electrons. The number of carbonyl (C=O) groups excluding carboxylic acids is 1. The van der Waals surface area contributed by atoms with Crippen molar-refractivity contribution in [2.24, 2.45) is 0 Å². The normalized spacial score (nSPS) is 9.83. The fraction of sp³-hybridized carbons (Fsp3) is 0.500. The van der Waals surface area contributed by atoms with Crippen LogP contribution in [-0.2, 0) is 19.1 Å². The third-order valence-corrected chi connectivity index (χ3v) is 2.02. The number of hydrogen-bond donors (Lipinski definition) is 0. The van der Waals surface area contributed by atoms with Crippen LogP contribution < -0.4 is 0 Å². The molecule has 4 nitrogen and oxygen atoms in total. The Bertz CT molecular complexity index is 267. The molecule has 0 saturated heterocycles. The van der Waals surface area contributed by atoms with Crippen molar-refractivity contribution in [2.75, 3.05) is 5.75 Å². The van der Waals surface area contributed by atoms with Crippen LogP contribution in [0.4, 0.5) is 0 Å². The zero-order valence-electron chi connectivity index (χ0n) is 6.46. The third kappa shape index (κ3) is 5.41. The number of carbonyl (C=O) groups is 1. The Balaban J connectivity index is 0. The summed E-state index contributed by atoms with van der Waals surface area (Å²) in [5, 5.41) is 0. The summed E-state index contributed by atoms with van der Waals surface area (Å²) in [6, 6.07) is 0. The van der Waals surface area contributed by atoms with Crippen molar-refractivity contribution in [2.45, 2.75) is 13.8 Å².